The minimum Gasteiger partial charge on any atom is -0.507 e. The molecule has 1 unspecified atom stereocenters. The number of nitrogens with one attached hydrogen (secondary N) is 1. The topological polar surface area (TPSA) is 49.3 Å². The molecule has 0 heterocycles. The van der Waals surface area contributed by atoms with Crippen LogP contribution in [-0.2, 0) is 0 Å². The van der Waals surface area contributed by atoms with E-state index in [2.05, 4.69) is 5.32 Å². The van der Waals surface area contributed by atoms with Gasteiger partial charge in [0.2, 0.25) is 0 Å². The summed E-state index contributed by atoms with van der Waals surface area (Å²) in [6.07, 6.45) is 1.24. The molecule has 0 spiro atoms. The van der Waals surface area contributed by atoms with E-state index in [1.54, 1.807) is 0 Å². The quantitative estimate of drug-likeness (QED) is 0.810. The van der Waals surface area contributed by atoms with E-state index in [9.17, 15) is 14.3 Å². The standard InChI is InChI=1S/C13H17ClFNO2/c1-3-13(2,7-8-14)16-12(18)11-9(15)5-4-6-10(11)17/h4-6,17H,3,7-8H2,1-2H3,(H,16,18). The number of carbonyl (C=O) groups excluding carboxylic acids is 1. The lowest BCUT2D eigenvalue weighted by Crippen LogP contribution is -2.46. The second-order valence-corrected chi connectivity index (χ2v) is 4.82. The maximum Gasteiger partial charge on any atom is 0.258 e. The summed E-state index contributed by atoms with van der Waals surface area (Å²) >= 11 is 5.68. The number of amides is 1. The van der Waals surface area contributed by atoms with Crippen LogP contribution in [0.4, 0.5) is 4.39 Å². The molecule has 0 aliphatic carbocycles. The molecular formula is C13H17ClFNO2. The van der Waals surface area contributed by atoms with Gasteiger partial charge in [-0.3, -0.25) is 4.79 Å². The van der Waals surface area contributed by atoms with Crippen LogP contribution in [0.1, 0.15) is 37.0 Å². The predicted molar refractivity (Wildman–Crippen MR) is 69.6 cm³/mol. The SMILES string of the molecule is CCC(C)(CCCl)NC(=O)c1c(O)cccc1F. The van der Waals surface area contributed by atoms with E-state index in [0.29, 0.717) is 18.7 Å². The third-order valence-electron chi connectivity index (χ3n) is 3.06. The van der Waals surface area contributed by atoms with Crippen molar-refractivity contribution in [3.8, 4) is 5.75 Å². The first-order valence-corrected chi connectivity index (χ1v) is 6.33. The van der Waals surface area contributed by atoms with Crippen LogP contribution in [0.15, 0.2) is 18.2 Å². The lowest BCUT2D eigenvalue weighted by molar-refractivity contribution is 0.0894. The number of aromatic hydroxyl groups is 1. The average molecular weight is 274 g/mol. The number of hydrogen-bond donors (Lipinski definition) is 2. The van der Waals surface area contributed by atoms with Gasteiger partial charge in [-0.25, -0.2) is 4.39 Å². The van der Waals surface area contributed by atoms with Gasteiger partial charge in [-0.05, 0) is 31.9 Å². The summed E-state index contributed by atoms with van der Waals surface area (Å²) in [7, 11) is 0. The Labute approximate surface area is 111 Å². The fourth-order valence-corrected chi connectivity index (χ4v) is 2.03. The molecule has 1 amide bonds. The van der Waals surface area contributed by atoms with Gasteiger partial charge in [0.1, 0.15) is 17.1 Å². The Balaban J connectivity index is 2.95. The molecule has 18 heavy (non-hydrogen) atoms. The molecule has 0 aromatic heterocycles. The van der Waals surface area contributed by atoms with Gasteiger partial charge in [0.15, 0.2) is 0 Å². The van der Waals surface area contributed by atoms with Crippen LogP contribution < -0.4 is 5.32 Å². The van der Waals surface area contributed by atoms with Crippen LogP contribution >= 0.6 is 11.6 Å². The third kappa shape index (κ3) is 3.35. The van der Waals surface area contributed by atoms with Crippen LogP contribution in [0.2, 0.25) is 0 Å². The summed E-state index contributed by atoms with van der Waals surface area (Å²) < 4.78 is 13.5. The van der Waals surface area contributed by atoms with Crippen LogP contribution in [-0.4, -0.2) is 22.4 Å². The van der Waals surface area contributed by atoms with Gasteiger partial charge < -0.3 is 10.4 Å². The van der Waals surface area contributed by atoms with Crippen molar-refractivity contribution in [3.63, 3.8) is 0 Å². The molecule has 0 radical (unpaired) electrons. The van der Waals surface area contributed by atoms with Gasteiger partial charge in [-0.1, -0.05) is 13.0 Å². The molecule has 0 saturated heterocycles. The van der Waals surface area contributed by atoms with Gasteiger partial charge in [0.05, 0.1) is 0 Å². The van der Waals surface area contributed by atoms with Crippen molar-refractivity contribution in [2.24, 2.45) is 0 Å². The number of phenols is 1. The molecular weight excluding hydrogens is 257 g/mol. The molecule has 0 aliphatic rings. The first-order chi connectivity index (χ1) is 8.43. The van der Waals surface area contributed by atoms with Crippen molar-refractivity contribution in [2.75, 3.05) is 5.88 Å². The second-order valence-electron chi connectivity index (χ2n) is 4.44. The summed E-state index contributed by atoms with van der Waals surface area (Å²) in [6.45, 7) is 3.75. The number of alkyl halides is 1. The average Bonchev–Trinajstić information content (AvgIpc) is 2.29. The van der Waals surface area contributed by atoms with Gasteiger partial charge in [0, 0.05) is 11.4 Å². The van der Waals surface area contributed by atoms with E-state index in [1.165, 1.54) is 12.1 Å². The van der Waals surface area contributed by atoms with E-state index < -0.39 is 17.3 Å². The number of hydrogen-bond acceptors (Lipinski definition) is 2. The van der Waals surface area contributed by atoms with Crippen LogP contribution in [0.5, 0.6) is 5.75 Å². The highest BCUT2D eigenvalue weighted by atomic mass is 35.5. The lowest BCUT2D eigenvalue weighted by Gasteiger charge is -2.29. The Morgan fingerprint density at radius 3 is 2.72 bits per heavy atom. The van der Waals surface area contributed by atoms with Crippen LogP contribution in [0, 0.1) is 5.82 Å². The normalized spacial score (nSPS) is 14.0. The predicted octanol–water partition coefficient (Wildman–Crippen LogP) is 3.06. The molecule has 5 heteroatoms. The Morgan fingerprint density at radius 1 is 1.56 bits per heavy atom. The van der Waals surface area contributed by atoms with Crippen molar-refractivity contribution in [3.05, 3.63) is 29.6 Å². The van der Waals surface area contributed by atoms with Crippen molar-refractivity contribution in [1.82, 2.24) is 5.32 Å². The summed E-state index contributed by atoms with van der Waals surface area (Å²) in [5.74, 6) is -1.33. The Bertz CT molecular complexity index is 419. The van der Waals surface area contributed by atoms with Gasteiger partial charge in [-0.2, -0.15) is 0 Å². The third-order valence-corrected chi connectivity index (χ3v) is 3.25. The van der Waals surface area contributed by atoms with Gasteiger partial charge in [0.25, 0.3) is 5.91 Å². The van der Waals surface area contributed by atoms with E-state index in [-0.39, 0.29) is 11.3 Å². The summed E-state index contributed by atoms with van der Waals surface area (Å²) in [6, 6.07) is 3.77. The summed E-state index contributed by atoms with van der Waals surface area (Å²) in [4.78, 5) is 12.0. The molecule has 1 aromatic carbocycles. The highest BCUT2D eigenvalue weighted by Gasteiger charge is 2.26. The van der Waals surface area contributed by atoms with Crippen LogP contribution in [0.3, 0.4) is 0 Å². The van der Waals surface area contributed by atoms with E-state index in [1.807, 2.05) is 13.8 Å². The lowest BCUT2D eigenvalue weighted by atomic mass is 9.95. The molecule has 0 aliphatic heterocycles. The maximum atomic E-state index is 13.5. The smallest absolute Gasteiger partial charge is 0.258 e. The number of benzene rings is 1. The number of halogens is 2. The van der Waals surface area contributed by atoms with Crippen molar-refractivity contribution >= 4 is 17.5 Å². The highest BCUT2D eigenvalue weighted by molar-refractivity contribution is 6.17. The van der Waals surface area contributed by atoms with E-state index in [0.717, 1.165) is 6.07 Å². The molecule has 1 atom stereocenters. The zero-order chi connectivity index (χ0) is 13.8. The molecule has 1 aromatic rings. The Morgan fingerprint density at radius 2 is 2.22 bits per heavy atom. The minimum absolute atomic E-state index is 0.327. The number of phenolic OH excluding ortho intramolecular Hbond substituents is 1. The van der Waals surface area contributed by atoms with E-state index in [4.69, 9.17) is 11.6 Å². The molecule has 100 valence electrons. The first-order valence-electron chi connectivity index (χ1n) is 5.79. The zero-order valence-corrected chi connectivity index (χ0v) is 11.2. The molecule has 0 saturated carbocycles. The highest BCUT2D eigenvalue weighted by Crippen LogP contribution is 2.22. The van der Waals surface area contributed by atoms with Crippen molar-refractivity contribution in [1.29, 1.82) is 0 Å². The minimum atomic E-state index is -0.739. The molecule has 3 nitrogen and oxygen atoms in total. The first kappa shape index (κ1) is 14.8. The fraction of sp³-hybridized carbons (Fsp3) is 0.462. The Kier molecular flexibility index (Phi) is 4.96. The zero-order valence-electron chi connectivity index (χ0n) is 10.5. The summed E-state index contributed by atoms with van der Waals surface area (Å²) in [5.41, 5.74) is -0.833. The summed E-state index contributed by atoms with van der Waals surface area (Å²) in [5, 5.41) is 12.3. The molecule has 0 bridgehead atoms. The Hall–Kier alpha value is -1.29. The molecule has 2 N–H and O–H groups in total. The van der Waals surface area contributed by atoms with Gasteiger partial charge >= 0.3 is 0 Å². The van der Waals surface area contributed by atoms with Crippen molar-refractivity contribution < 1.29 is 14.3 Å². The van der Waals surface area contributed by atoms with Gasteiger partial charge in [-0.15, -0.1) is 11.6 Å². The van der Waals surface area contributed by atoms with E-state index >= 15 is 0 Å². The molecule has 0 fully saturated rings. The van der Waals surface area contributed by atoms with Crippen LogP contribution in [0.25, 0.3) is 0 Å². The molecule has 1 rings (SSSR count). The monoisotopic (exact) mass is 273 g/mol. The fourth-order valence-electron chi connectivity index (χ4n) is 1.61. The number of carbonyl (C=O) groups is 1. The largest absolute Gasteiger partial charge is 0.507 e. The number of rotatable bonds is 5. The maximum absolute atomic E-state index is 13.5. The van der Waals surface area contributed by atoms with Crippen molar-refractivity contribution in [2.45, 2.75) is 32.2 Å². The second kappa shape index (κ2) is 6.05.